The van der Waals surface area contributed by atoms with Crippen molar-refractivity contribution < 1.29 is 19.4 Å². The van der Waals surface area contributed by atoms with Crippen molar-refractivity contribution in [2.75, 3.05) is 11.5 Å². The number of anilines is 1. The van der Waals surface area contributed by atoms with Gasteiger partial charge >= 0.3 is 0 Å². The van der Waals surface area contributed by atoms with Gasteiger partial charge in [0.1, 0.15) is 11.5 Å². The predicted molar refractivity (Wildman–Crippen MR) is 142 cm³/mol. The molecule has 1 atom stereocenters. The molecule has 1 aliphatic rings. The van der Waals surface area contributed by atoms with E-state index < -0.39 is 17.7 Å². The van der Waals surface area contributed by atoms with Crippen LogP contribution in [-0.4, -0.2) is 23.4 Å². The van der Waals surface area contributed by atoms with Gasteiger partial charge in [-0.1, -0.05) is 79.2 Å². The third kappa shape index (κ3) is 4.23. The molecule has 4 aromatic carbocycles. The number of ketones is 1. The third-order valence-corrected chi connectivity index (χ3v) is 6.46. The van der Waals surface area contributed by atoms with E-state index in [1.54, 1.807) is 48.5 Å². The zero-order valence-electron chi connectivity index (χ0n) is 19.6. The predicted octanol–water partition coefficient (Wildman–Crippen LogP) is 6.91. The number of carbonyl (C=O) groups excluding carboxylic acids is 2. The Morgan fingerprint density at radius 3 is 2.50 bits per heavy atom. The monoisotopic (exact) mass is 497 g/mol. The lowest BCUT2D eigenvalue weighted by atomic mass is 9.91. The summed E-state index contributed by atoms with van der Waals surface area (Å²) < 4.78 is 5.72. The Morgan fingerprint density at radius 1 is 0.944 bits per heavy atom. The first-order valence-electron chi connectivity index (χ1n) is 11.8. The highest BCUT2D eigenvalue weighted by atomic mass is 35.5. The number of rotatable bonds is 6. The van der Waals surface area contributed by atoms with Crippen LogP contribution in [0.2, 0.25) is 5.02 Å². The molecule has 1 N–H and O–H groups in total. The molecular weight excluding hydrogens is 474 g/mol. The Morgan fingerprint density at radius 2 is 1.69 bits per heavy atom. The van der Waals surface area contributed by atoms with Gasteiger partial charge in [-0.3, -0.25) is 14.5 Å². The molecule has 1 aliphatic heterocycles. The van der Waals surface area contributed by atoms with Crippen molar-refractivity contribution in [2.45, 2.75) is 19.4 Å². The lowest BCUT2D eigenvalue weighted by Crippen LogP contribution is -2.29. The number of nitrogens with zero attached hydrogens (tertiary/aromatic N) is 1. The lowest BCUT2D eigenvalue weighted by Gasteiger charge is -2.26. The molecule has 1 heterocycles. The van der Waals surface area contributed by atoms with Gasteiger partial charge in [-0.15, -0.1) is 0 Å². The van der Waals surface area contributed by atoms with E-state index in [0.717, 1.165) is 22.8 Å². The highest BCUT2D eigenvalue weighted by molar-refractivity contribution is 6.52. The number of aliphatic hydroxyl groups is 1. The van der Waals surface area contributed by atoms with Gasteiger partial charge in [0.25, 0.3) is 11.7 Å². The van der Waals surface area contributed by atoms with Crippen LogP contribution in [0.5, 0.6) is 5.75 Å². The lowest BCUT2D eigenvalue weighted by molar-refractivity contribution is -0.132. The zero-order valence-corrected chi connectivity index (χ0v) is 20.4. The number of amides is 1. The standard InChI is InChI=1S/C30H24ClNO4/c1-2-16-36-23-13-5-10-20(17-23)28(33)26-27(25-15-6-9-19-8-3-4-14-24(19)25)32(30(35)29(26)34)22-12-7-11-21(31)18-22/h3-15,17-18,27,33H,2,16H2,1H3/b28-26-. The van der Waals surface area contributed by atoms with Gasteiger partial charge in [0.05, 0.1) is 18.2 Å². The summed E-state index contributed by atoms with van der Waals surface area (Å²) in [5.41, 5.74) is 1.62. The Hall–Kier alpha value is -4.09. The second-order valence-electron chi connectivity index (χ2n) is 8.59. The molecule has 0 saturated carbocycles. The molecule has 4 aromatic rings. The van der Waals surface area contributed by atoms with Crippen molar-refractivity contribution >= 4 is 45.5 Å². The molecule has 0 aromatic heterocycles. The summed E-state index contributed by atoms with van der Waals surface area (Å²) in [5, 5.41) is 13.8. The maximum atomic E-state index is 13.5. The van der Waals surface area contributed by atoms with Crippen LogP contribution in [0.15, 0.2) is 96.6 Å². The van der Waals surface area contributed by atoms with E-state index in [2.05, 4.69) is 0 Å². The van der Waals surface area contributed by atoms with Gasteiger partial charge in [0.15, 0.2) is 0 Å². The van der Waals surface area contributed by atoms with E-state index in [4.69, 9.17) is 16.3 Å². The number of hydrogen-bond donors (Lipinski definition) is 1. The highest BCUT2D eigenvalue weighted by Gasteiger charge is 2.47. The first-order valence-corrected chi connectivity index (χ1v) is 12.1. The molecular formula is C30H24ClNO4. The average Bonchev–Trinajstić information content (AvgIpc) is 3.16. The molecule has 180 valence electrons. The topological polar surface area (TPSA) is 66.8 Å². The Balaban J connectivity index is 1.75. The van der Waals surface area contributed by atoms with Crippen molar-refractivity contribution in [3.63, 3.8) is 0 Å². The van der Waals surface area contributed by atoms with Gasteiger partial charge in [0.2, 0.25) is 0 Å². The maximum absolute atomic E-state index is 13.5. The molecule has 0 aliphatic carbocycles. The number of carbonyl (C=O) groups is 2. The van der Waals surface area contributed by atoms with E-state index in [1.807, 2.05) is 49.4 Å². The smallest absolute Gasteiger partial charge is 0.300 e. The van der Waals surface area contributed by atoms with Gasteiger partial charge in [-0.25, -0.2) is 0 Å². The van der Waals surface area contributed by atoms with Gasteiger partial charge in [-0.2, -0.15) is 0 Å². The fourth-order valence-corrected chi connectivity index (χ4v) is 4.80. The van der Waals surface area contributed by atoms with Crippen LogP contribution < -0.4 is 9.64 Å². The highest BCUT2D eigenvalue weighted by Crippen LogP contribution is 2.44. The van der Waals surface area contributed by atoms with E-state index in [-0.39, 0.29) is 11.3 Å². The normalized spacial score (nSPS) is 17.1. The van der Waals surface area contributed by atoms with E-state index in [9.17, 15) is 14.7 Å². The zero-order chi connectivity index (χ0) is 25.2. The fourth-order valence-electron chi connectivity index (χ4n) is 4.62. The van der Waals surface area contributed by atoms with Crippen molar-refractivity contribution in [3.8, 4) is 5.75 Å². The van der Waals surface area contributed by atoms with Crippen LogP contribution >= 0.6 is 11.6 Å². The van der Waals surface area contributed by atoms with Gasteiger partial charge < -0.3 is 9.84 Å². The van der Waals surface area contributed by atoms with Crippen LogP contribution in [0.4, 0.5) is 5.69 Å². The molecule has 6 heteroatoms. The second-order valence-corrected chi connectivity index (χ2v) is 9.03. The van der Waals surface area contributed by atoms with Crippen LogP contribution in [-0.2, 0) is 9.59 Å². The van der Waals surface area contributed by atoms with Crippen molar-refractivity contribution in [1.82, 2.24) is 0 Å². The SMILES string of the molecule is CCCOc1cccc(/C(O)=C2/C(=O)C(=O)N(c3cccc(Cl)c3)C2c2cccc3ccccc23)c1. The number of halogens is 1. The Labute approximate surface area is 214 Å². The summed E-state index contributed by atoms with van der Waals surface area (Å²) in [6.45, 7) is 2.53. The van der Waals surface area contributed by atoms with Crippen LogP contribution in [0.1, 0.15) is 30.5 Å². The first kappa shape index (κ1) is 23.6. The number of ether oxygens (including phenoxy) is 1. The first-order chi connectivity index (χ1) is 17.5. The van der Waals surface area contributed by atoms with Crippen LogP contribution in [0.3, 0.4) is 0 Å². The third-order valence-electron chi connectivity index (χ3n) is 6.23. The maximum Gasteiger partial charge on any atom is 0.300 e. The summed E-state index contributed by atoms with van der Waals surface area (Å²) in [6, 6.07) is 26.4. The van der Waals surface area contributed by atoms with E-state index >= 15 is 0 Å². The number of aliphatic hydroxyl groups excluding tert-OH is 1. The molecule has 0 radical (unpaired) electrons. The summed E-state index contributed by atoms with van der Waals surface area (Å²) in [7, 11) is 0. The van der Waals surface area contributed by atoms with Gasteiger partial charge in [-0.05, 0) is 53.1 Å². The summed E-state index contributed by atoms with van der Waals surface area (Å²) in [6.07, 6.45) is 0.835. The summed E-state index contributed by atoms with van der Waals surface area (Å²) in [4.78, 5) is 28.4. The number of benzene rings is 4. The van der Waals surface area contributed by atoms with Crippen molar-refractivity contribution in [3.05, 3.63) is 113 Å². The molecule has 1 unspecified atom stereocenters. The summed E-state index contributed by atoms with van der Waals surface area (Å²) in [5.74, 6) is -1.16. The van der Waals surface area contributed by atoms with Crippen molar-refractivity contribution in [1.29, 1.82) is 0 Å². The molecule has 0 spiro atoms. The molecule has 1 fully saturated rings. The molecule has 36 heavy (non-hydrogen) atoms. The Bertz CT molecular complexity index is 1500. The van der Waals surface area contributed by atoms with E-state index in [1.165, 1.54) is 4.90 Å². The molecule has 1 amide bonds. The molecule has 5 nitrogen and oxygen atoms in total. The number of hydrogen-bond acceptors (Lipinski definition) is 4. The quantitative estimate of drug-likeness (QED) is 0.178. The number of fused-ring (bicyclic) bond motifs is 1. The minimum Gasteiger partial charge on any atom is -0.507 e. The second kappa shape index (κ2) is 9.88. The van der Waals surface area contributed by atoms with E-state index in [0.29, 0.717) is 28.6 Å². The minimum atomic E-state index is -0.852. The fraction of sp³-hybridized carbons (Fsp3) is 0.133. The average molecular weight is 498 g/mol. The van der Waals surface area contributed by atoms with Crippen LogP contribution in [0, 0.1) is 0 Å². The largest absolute Gasteiger partial charge is 0.507 e. The van der Waals surface area contributed by atoms with Crippen molar-refractivity contribution in [2.24, 2.45) is 0 Å². The number of Topliss-reactive ketones (excluding diaryl/α,β-unsaturated/α-hetero) is 1. The minimum absolute atomic E-state index is 0.0176. The van der Waals surface area contributed by atoms with Gasteiger partial charge in [0, 0.05) is 16.3 Å². The Kier molecular flexibility index (Phi) is 6.49. The molecule has 5 rings (SSSR count). The summed E-state index contributed by atoms with van der Waals surface area (Å²) >= 11 is 6.25. The molecule has 0 bridgehead atoms. The molecule has 1 saturated heterocycles. The van der Waals surface area contributed by atoms with Crippen LogP contribution in [0.25, 0.3) is 16.5 Å².